The second kappa shape index (κ2) is 4.58. The molecule has 3 heteroatoms. The number of ketones is 1. The number of nitrogens with zero attached hydrogens (tertiary/aromatic N) is 1. The van der Waals surface area contributed by atoms with Gasteiger partial charge in [-0.05, 0) is 13.0 Å². The number of likely N-dealkylation sites (N-methyl/N-ethyl adjacent to an activating group) is 1. The largest absolute Gasteiger partial charge is 0.395 e. The van der Waals surface area contributed by atoms with Gasteiger partial charge in [0.15, 0.2) is 0 Å². The number of Topliss-reactive ketones (excluding diaryl/α,β-unsaturated/α-hetero) is 1. The summed E-state index contributed by atoms with van der Waals surface area (Å²) in [6, 6.07) is 0.398. The van der Waals surface area contributed by atoms with Crippen molar-refractivity contribution in [1.29, 1.82) is 0 Å². The molecule has 1 rings (SSSR count). The molecule has 0 heterocycles. The Balaban J connectivity index is 2.38. The number of aliphatic hydroxyl groups excluding tert-OH is 1. The van der Waals surface area contributed by atoms with Gasteiger partial charge in [-0.2, -0.15) is 0 Å². The highest BCUT2D eigenvalue weighted by Gasteiger charge is 2.26. The number of carbonyl (C=O) groups excluding carboxylic acids is 1. The first-order valence-corrected chi connectivity index (χ1v) is 4.64. The highest BCUT2D eigenvalue weighted by atomic mass is 16.3. The summed E-state index contributed by atoms with van der Waals surface area (Å²) in [7, 11) is 0. The fourth-order valence-electron chi connectivity index (χ4n) is 1.83. The van der Waals surface area contributed by atoms with E-state index in [0.29, 0.717) is 24.8 Å². The fourth-order valence-corrected chi connectivity index (χ4v) is 1.83. The van der Waals surface area contributed by atoms with E-state index in [9.17, 15) is 4.79 Å². The van der Waals surface area contributed by atoms with E-state index in [0.717, 1.165) is 19.4 Å². The van der Waals surface area contributed by atoms with Gasteiger partial charge in [-0.1, -0.05) is 6.92 Å². The zero-order valence-corrected chi connectivity index (χ0v) is 7.62. The molecule has 1 unspecified atom stereocenters. The summed E-state index contributed by atoms with van der Waals surface area (Å²) >= 11 is 0. The van der Waals surface area contributed by atoms with Crippen LogP contribution < -0.4 is 0 Å². The Morgan fingerprint density at radius 2 is 2.42 bits per heavy atom. The van der Waals surface area contributed by atoms with Gasteiger partial charge in [0.2, 0.25) is 0 Å². The first-order chi connectivity index (χ1) is 5.77. The van der Waals surface area contributed by atoms with Crippen LogP contribution in [0.25, 0.3) is 0 Å². The summed E-state index contributed by atoms with van der Waals surface area (Å²) in [6.07, 6.45) is 2.40. The molecule has 3 nitrogen and oxygen atoms in total. The van der Waals surface area contributed by atoms with E-state index in [2.05, 4.69) is 11.8 Å². The SMILES string of the molecule is CCN(CCO)C1CCC(=O)C1. The molecule has 0 aromatic heterocycles. The highest BCUT2D eigenvalue weighted by molar-refractivity contribution is 5.81. The number of hydrogen-bond acceptors (Lipinski definition) is 3. The second-order valence-corrected chi connectivity index (χ2v) is 3.29. The van der Waals surface area contributed by atoms with Crippen molar-refractivity contribution >= 4 is 5.78 Å². The Kier molecular flexibility index (Phi) is 3.69. The lowest BCUT2D eigenvalue weighted by atomic mass is 10.2. The minimum Gasteiger partial charge on any atom is -0.395 e. The minimum absolute atomic E-state index is 0.193. The van der Waals surface area contributed by atoms with Crippen molar-refractivity contribution in [2.45, 2.75) is 32.2 Å². The smallest absolute Gasteiger partial charge is 0.134 e. The Bertz CT molecular complexity index is 159. The molecule has 0 aromatic rings. The van der Waals surface area contributed by atoms with Crippen LogP contribution in [0.3, 0.4) is 0 Å². The van der Waals surface area contributed by atoms with E-state index >= 15 is 0 Å². The van der Waals surface area contributed by atoms with E-state index in [1.807, 2.05) is 0 Å². The van der Waals surface area contributed by atoms with Gasteiger partial charge >= 0.3 is 0 Å². The summed E-state index contributed by atoms with van der Waals surface area (Å²) in [4.78, 5) is 13.2. The molecule has 0 saturated heterocycles. The Labute approximate surface area is 73.4 Å². The molecule has 70 valence electrons. The Morgan fingerprint density at radius 1 is 1.67 bits per heavy atom. The van der Waals surface area contributed by atoms with Gasteiger partial charge in [-0.25, -0.2) is 0 Å². The van der Waals surface area contributed by atoms with E-state index in [1.165, 1.54) is 0 Å². The third kappa shape index (κ3) is 2.29. The summed E-state index contributed by atoms with van der Waals surface area (Å²) in [6.45, 7) is 3.89. The van der Waals surface area contributed by atoms with Crippen LogP contribution in [0.15, 0.2) is 0 Å². The van der Waals surface area contributed by atoms with Crippen molar-refractivity contribution < 1.29 is 9.90 Å². The highest BCUT2D eigenvalue weighted by Crippen LogP contribution is 2.19. The summed E-state index contributed by atoms with van der Waals surface area (Å²) in [5, 5.41) is 8.77. The fraction of sp³-hybridized carbons (Fsp3) is 0.889. The zero-order valence-electron chi connectivity index (χ0n) is 7.62. The Morgan fingerprint density at radius 3 is 2.83 bits per heavy atom. The molecule has 1 saturated carbocycles. The standard InChI is InChI=1S/C9H17NO2/c1-2-10(5-6-11)8-3-4-9(12)7-8/h8,11H,2-7H2,1H3. The predicted molar refractivity (Wildman–Crippen MR) is 47.0 cm³/mol. The number of hydrogen-bond donors (Lipinski definition) is 1. The van der Waals surface area contributed by atoms with Crippen molar-refractivity contribution in [3.63, 3.8) is 0 Å². The van der Waals surface area contributed by atoms with Crippen LogP contribution in [0.5, 0.6) is 0 Å². The molecule has 0 aromatic carbocycles. The van der Waals surface area contributed by atoms with Crippen LogP contribution >= 0.6 is 0 Å². The molecule has 12 heavy (non-hydrogen) atoms. The third-order valence-electron chi connectivity index (χ3n) is 2.53. The van der Waals surface area contributed by atoms with Crippen LogP contribution in [0.2, 0.25) is 0 Å². The van der Waals surface area contributed by atoms with Gasteiger partial charge in [0.1, 0.15) is 5.78 Å². The first-order valence-electron chi connectivity index (χ1n) is 4.64. The summed E-state index contributed by atoms with van der Waals surface area (Å²) < 4.78 is 0. The molecule has 0 amide bonds. The van der Waals surface area contributed by atoms with Crippen LogP contribution in [0.4, 0.5) is 0 Å². The molecular weight excluding hydrogens is 154 g/mol. The molecule has 1 aliphatic carbocycles. The van der Waals surface area contributed by atoms with Crippen LogP contribution in [0, 0.1) is 0 Å². The van der Waals surface area contributed by atoms with Crippen LogP contribution in [-0.2, 0) is 4.79 Å². The molecular formula is C9H17NO2. The van der Waals surface area contributed by atoms with Gasteiger partial charge in [-0.3, -0.25) is 9.69 Å². The number of carbonyl (C=O) groups is 1. The van der Waals surface area contributed by atoms with Crippen LogP contribution in [0.1, 0.15) is 26.2 Å². The van der Waals surface area contributed by atoms with Crippen LogP contribution in [-0.4, -0.2) is 41.5 Å². The molecule has 0 aliphatic heterocycles. The normalized spacial score (nSPS) is 23.9. The molecule has 1 aliphatic rings. The predicted octanol–water partition coefficient (Wildman–Crippen LogP) is 0.422. The molecule has 0 radical (unpaired) electrons. The summed E-state index contributed by atoms with van der Waals surface area (Å²) in [5.41, 5.74) is 0. The maximum atomic E-state index is 11.0. The lowest BCUT2D eigenvalue weighted by Crippen LogP contribution is -2.35. The van der Waals surface area contributed by atoms with E-state index in [1.54, 1.807) is 0 Å². The molecule has 1 N–H and O–H groups in total. The molecule has 0 bridgehead atoms. The summed E-state index contributed by atoms with van der Waals surface area (Å²) in [5.74, 6) is 0.372. The number of rotatable bonds is 4. The quantitative estimate of drug-likeness (QED) is 0.666. The number of aliphatic hydroxyl groups is 1. The maximum absolute atomic E-state index is 11.0. The zero-order chi connectivity index (χ0) is 8.97. The van der Waals surface area contributed by atoms with E-state index < -0.39 is 0 Å². The lowest BCUT2D eigenvalue weighted by Gasteiger charge is -2.25. The van der Waals surface area contributed by atoms with Crippen molar-refractivity contribution in [3.8, 4) is 0 Å². The monoisotopic (exact) mass is 171 g/mol. The minimum atomic E-state index is 0.193. The van der Waals surface area contributed by atoms with Gasteiger partial charge in [0.05, 0.1) is 6.61 Å². The van der Waals surface area contributed by atoms with E-state index in [4.69, 9.17) is 5.11 Å². The van der Waals surface area contributed by atoms with Crippen molar-refractivity contribution in [2.24, 2.45) is 0 Å². The van der Waals surface area contributed by atoms with Crippen molar-refractivity contribution in [1.82, 2.24) is 4.90 Å². The second-order valence-electron chi connectivity index (χ2n) is 3.29. The van der Waals surface area contributed by atoms with Gasteiger partial charge in [0.25, 0.3) is 0 Å². The van der Waals surface area contributed by atoms with E-state index in [-0.39, 0.29) is 6.61 Å². The molecule has 1 fully saturated rings. The average Bonchev–Trinajstić information content (AvgIpc) is 2.47. The van der Waals surface area contributed by atoms with Gasteiger partial charge in [-0.15, -0.1) is 0 Å². The van der Waals surface area contributed by atoms with Crippen molar-refractivity contribution in [3.05, 3.63) is 0 Å². The average molecular weight is 171 g/mol. The Hall–Kier alpha value is -0.410. The molecule has 0 spiro atoms. The third-order valence-corrected chi connectivity index (χ3v) is 2.53. The maximum Gasteiger partial charge on any atom is 0.134 e. The first kappa shape index (κ1) is 9.68. The molecule has 1 atom stereocenters. The van der Waals surface area contributed by atoms with Gasteiger partial charge in [0, 0.05) is 25.4 Å². The topological polar surface area (TPSA) is 40.5 Å². The van der Waals surface area contributed by atoms with Gasteiger partial charge < -0.3 is 5.11 Å². The van der Waals surface area contributed by atoms with Crippen molar-refractivity contribution in [2.75, 3.05) is 19.7 Å². The lowest BCUT2D eigenvalue weighted by molar-refractivity contribution is -0.117.